The molecular weight excluding hydrogens is 224 g/mol. The smallest absolute Gasteiger partial charge is 0.302 e. The fourth-order valence-electron chi connectivity index (χ4n) is 4.52. The van der Waals surface area contributed by atoms with Crippen LogP contribution < -0.4 is 0 Å². The Morgan fingerprint density at radius 2 is 1.83 bits per heavy atom. The molecule has 104 valence electrons. The van der Waals surface area contributed by atoms with E-state index in [0.29, 0.717) is 11.3 Å². The standard InChI is InChI=1S/C16H28O2/c1-10-6-7-14-8-15(18-13(4)17)11(2)9-16(14,5)12(10)3/h10-12,14-15H,6-9H2,1-5H3. The van der Waals surface area contributed by atoms with Crippen LogP contribution in [0, 0.1) is 29.1 Å². The SMILES string of the molecule is CC(=O)OC1CC2CCC(C)C(C)C2(C)CC1C. The van der Waals surface area contributed by atoms with Gasteiger partial charge in [-0.1, -0.05) is 34.1 Å². The molecule has 0 N–H and O–H groups in total. The maximum Gasteiger partial charge on any atom is 0.302 e. The molecule has 2 nitrogen and oxygen atoms in total. The fraction of sp³-hybridized carbons (Fsp3) is 0.938. The molecule has 0 heterocycles. The maximum atomic E-state index is 11.2. The third-order valence-corrected chi connectivity index (χ3v) is 6.03. The van der Waals surface area contributed by atoms with Crippen LogP contribution in [0.25, 0.3) is 0 Å². The molecule has 0 aliphatic heterocycles. The summed E-state index contributed by atoms with van der Waals surface area (Å²) in [7, 11) is 0. The van der Waals surface area contributed by atoms with E-state index in [1.165, 1.54) is 26.2 Å². The van der Waals surface area contributed by atoms with Crippen LogP contribution >= 0.6 is 0 Å². The highest BCUT2D eigenvalue weighted by Crippen LogP contribution is 2.56. The fourth-order valence-corrected chi connectivity index (χ4v) is 4.52. The van der Waals surface area contributed by atoms with Crippen molar-refractivity contribution >= 4 is 5.97 Å². The van der Waals surface area contributed by atoms with E-state index in [1.807, 2.05) is 0 Å². The lowest BCUT2D eigenvalue weighted by molar-refractivity contribution is -0.160. The van der Waals surface area contributed by atoms with Gasteiger partial charge in [0.15, 0.2) is 0 Å². The van der Waals surface area contributed by atoms with Crippen molar-refractivity contribution in [1.29, 1.82) is 0 Å². The molecule has 0 aromatic heterocycles. The summed E-state index contributed by atoms with van der Waals surface area (Å²) in [5, 5.41) is 0. The minimum absolute atomic E-state index is 0.118. The lowest BCUT2D eigenvalue weighted by Gasteiger charge is -2.55. The van der Waals surface area contributed by atoms with Crippen molar-refractivity contribution in [2.45, 2.75) is 66.4 Å². The Morgan fingerprint density at radius 1 is 1.17 bits per heavy atom. The minimum atomic E-state index is -0.118. The number of carbonyl (C=O) groups is 1. The Kier molecular flexibility index (Phi) is 3.75. The Bertz CT molecular complexity index is 325. The van der Waals surface area contributed by atoms with E-state index >= 15 is 0 Å². The van der Waals surface area contributed by atoms with E-state index in [9.17, 15) is 4.79 Å². The molecule has 2 rings (SSSR count). The van der Waals surface area contributed by atoms with Crippen LogP contribution in [0.15, 0.2) is 0 Å². The lowest BCUT2D eigenvalue weighted by atomic mass is 9.51. The van der Waals surface area contributed by atoms with E-state index in [-0.39, 0.29) is 12.1 Å². The first-order valence-electron chi connectivity index (χ1n) is 7.51. The van der Waals surface area contributed by atoms with Gasteiger partial charge in [-0.25, -0.2) is 0 Å². The molecular formula is C16H28O2. The topological polar surface area (TPSA) is 26.3 Å². The third-order valence-electron chi connectivity index (χ3n) is 6.03. The van der Waals surface area contributed by atoms with Gasteiger partial charge in [0.05, 0.1) is 0 Å². The van der Waals surface area contributed by atoms with Gasteiger partial charge < -0.3 is 4.74 Å². The van der Waals surface area contributed by atoms with Crippen LogP contribution in [0.4, 0.5) is 0 Å². The van der Waals surface area contributed by atoms with E-state index in [1.54, 1.807) is 0 Å². The lowest BCUT2D eigenvalue weighted by Crippen LogP contribution is -2.49. The van der Waals surface area contributed by atoms with Crippen molar-refractivity contribution in [3.63, 3.8) is 0 Å². The molecule has 2 fully saturated rings. The van der Waals surface area contributed by atoms with Gasteiger partial charge in [-0.3, -0.25) is 4.79 Å². The molecule has 0 bridgehead atoms. The zero-order chi connectivity index (χ0) is 13.5. The number of hydrogen-bond acceptors (Lipinski definition) is 2. The van der Waals surface area contributed by atoms with Crippen molar-refractivity contribution in [1.82, 2.24) is 0 Å². The molecule has 6 atom stereocenters. The normalized spacial score (nSPS) is 48.4. The number of rotatable bonds is 1. The molecule has 0 radical (unpaired) electrons. The average Bonchev–Trinajstić information content (AvgIpc) is 2.27. The first kappa shape index (κ1) is 13.9. The van der Waals surface area contributed by atoms with Crippen LogP contribution in [-0.4, -0.2) is 12.1 Å². The molecule has 2 saturated carbocycles. The van der Waals surface area contributed by atoms with Gasteiger partial charge in [0.2, 0.25) is 0 Å². The molecule has 0 spiro atoms. The highest BCUT2D eigenvalue weighted by atomic mass is 16.5. The number of ether oxygens (including phenoxy) is 1. The Balaban J connectivity index is 2.13. The van der Waals surface area contributed by atoms with Gasteiger partial charge in [-0.15, -0.1) is 0 Å². The molecule has 0 aromatic carbocycles. The average molecular weight is 252 g/mol. The van der Waals surface area contributed by atoms with Gasteiger partial charge in [0.25, 0.3) is 0 Å². The number of esters is 1. The second-order valence-electron chi connectivity index (χ2n) is 7.11. The summed E-state index contributed by atoms with van der Waals surface area (Å²) < 4.78 is 5.52. The van der Waals surface area contributed by atoms with Crippen molar-refractivity contribution in [2.24, 2.45) is 29.1 Å². The molecule has 0 aromatic rings. The monoisotopic (exact) mass is 252 g/mol. The predicted molar refractivity (Wildman–Crippen MR) is 73.1 cm³/mol. The predicted octanol–water partition coefficient (Wildman–Crippen LogP) is 4.04. The van der Waals surface area contributed by atoms with E-state index < -0.39 is 0 Å². The summed E-state index contributed by atoms with van der Waals surface area (Å²) in [6.07, 6.45) is 5.09. The molecule has 6 unspecified atom stereocenters. The number of hydrogen-bond donors (Lipinski definition) is 0. The first-order chi connectivity index (χ1) is 8.34. The molecule has 0 saturated heterocycles. The van der Waals surface area contributed by atoms with Gasteiger partial charge >= 0.3 is 5.97 Å². The zero-order valence-corrected chi connectivity index (χ0v) is 12.5. The van der Waals surface area contributed by atoms with Crippen LogP contribution in [0.3, 0.4) is 0 Å². The van der Waals surface area contributed by atoms with Crippen LogP contribution in [-0.2, 0) is 9.53 Å². The third kappa shape index (κ3) is 2.31. The van der Waals surface area contributed by atoms with Gasteiger partial charge in [0.1, 0.15) is 6.10 Å². The summed E-state index contributed by atoms with van der Waals surface area (Å²) in [5.74, 6) is 2.75. The maximum absolute atomic E-state index is 11.2. The van der Waals surface area contributed by atoms with Crippen LogP contribution in [0.1, 0.15) is 60.3 Å². The van der Waals surface area contributed by atoms with Crippen molar-refractivity contribution in [2.75, 3.05) is 0 Å². The highest BCUT2D eigenvalue weighted by molar-refractivity contribution is 5.66. The summed E-state index contributed by atoms with van der Waals surface area (Å²) in [6, 6.07) is 0. The largest absolute Gasteiger partial charge is 0.462 e. The first-order valence-corrected chi connectivity index (χ1v) is 7.51. The molecule has 2 aliphatic rings. The van der Waals surface area contributed by atoms with Crippen LogP contribution in [0.2, 0.25) is 0 Å². The Hall–Kier alpha value is -0.530. The number of fused-ring (bicyclic) bond motifs is 1. The molecule has 2 heteroatoms. The molecule has 18 heavy (non-hydrogen) atoms. The molecule has 2 aliphatic carbocycles. The van der Waals surface area contributed by atoms with Crippen LogP contribution in [0.5, 0.6) is 0 Å². The molecule has 0 amide bonds. The number of carbonyl (C=O) groups excluding carboxylic acids is 1. The summed E-state index contributed by atoms with van der Waals surface area (Å²) in [5.41, 5.74) is 0.452. The van der Waals surface area contributed by atoms with E-state index in [0.717, 1.165) is 24.2 Å². The summed E-state index contributed by atoms with van der Waals surface area (Å²) in [6.45, 7) is 11.1. The van der Waals surface area contributed by atoms with Crippen molar-refractivity contribution in [3.8, 4) is 0 Å². The van der Waals surface area contributed by atoms with E-state index in [4.69, 9.17) is 4.74 Å². The highest BCUT2D eigenvalue weighted by Gasteiger charge is 2.50. The van der Waals surface area contributed by atoms with E-state index in [2.05, 4.69) is 27.7 Å². The second-order valence-corrected chi connectivity index (χ2v) is 7.11. The quantitative estimate of drug-likeness (QED) is 0.658. The van der Waals surface area contributed by atoms with Crippen molar-refractivity contribution in [3.05, 3.63) is 0 Å². The van der Waals surface area contributed by atoms with Crippen molar-refractivity contribution < 1.29 is 9.53 Å². The minimum Gasteiger partial charge on any atom is -0.462 e. The summed E-state index contributed by atoms with van der Waals surface area (Å²) >= 11 is 0. The van der Waals surface area contributed by atoms with Gasteiger partial charge in [-0.2, -0.15) is 0 Å². The Morgan fingerprint density at radius 3 is 2.44 bits per heavy atom. The Labute approximate surface area is 111 Å². The zero-order valence-electron chi connectivity index (χ0n) is 12.5. The summed E-state index contributed by atoms with van der Waals surface area (Å²) in [4.78, 5) is 11.2. The van der Waals surface area contributed by atoms with Gasteiger partial charge in [0, 0.05) is 6.92 Å². The second kappa shape index (κ2) is 4.86. The van der Waals surface area contributed by atoms with Gasteiger partial charge in [-0.05, 0) is 48.3 Å².